The third-order valence-electron chi connectivity index (χ3n) is 2.89. The Kier molecular flexibility index (Phi) is 5.65. The van der Waals surface area contributed by atoms with Gasteiger partial charge >= 0.3 is 0 Å². The number of nitrogens with one attached hydrogen (secondary N) is 2. The second-order valence-corrected chi connectivity index (χ2v) is 4.44. The molecule has 1 unspecified atom stereocenters. The van der Waals surface area contributed by atoms with Crippen LogP contribution in [0.5, 0.6) is 5.75 Å². The van der Waals surface area contributed by atoms with Gasteiger partial charge in [0, 0.05) is 19.1 Å². The minimum absolute atomic E-state index is 0.00306. The Balaban J connectivity index is 1.57. The molecule has 0 saturated carbocycles. The van der Waals surface area contributed by atoms with Gasteiger partial charge in [-0.25, -0.2) is 0 Å². The largest absolute Gasteiger partial charge is 0.493 e. The highest BCUT2D eigenvalue weighted by Crippen LogP contribution is 2.08. The molecular weight excluding hydrogens is 244 g/mol. The van der Waals surface area contributed by atoms with Crippen LogP contribution >= 0.6 is 0 Å². The van der Waals surface area contributed by atoms with E-state index in [0.717, 1.165) is 18.9 Å². The van der Waals surface area contributed by atoms with Gasteiger partial charge < -0.3 is 20.1 Å². The summed E-state index contributed by atoms with van der Waals surface area (Å²) in [5.41, 5.74) is 0. The van der Waals surface area contributed by atoms with Crippen molar-refractivity contribution in [2.75, 3.05) is 32.9 Å². The van der Waals surface area contributed by atoms with Crippen LogP contribution < -0.4 is 15.4 Å². The third-order valence-corrected chi connectivity index (χ3v) is 2.89. The predicted octanol–water partition coefficient (Wildman–Crippen LogP) is 0.560. The summed E-state index contributed by atoms with van der Waals surface area (Å²) in [5, 5.41) is 6.16. The highest BCUT2D eigenvalue weighted by atomic mass is 16.5. The first-order valence-electron chi connectivity index (χ1n) is 6.60. The van der Waals surface area contributed by atoms with Crippen molar-refractivity contribution in [1.82, 2.24) is 10.6 Å². The van der Waals surface area contributed by atoms with E-state index in [0.29, 0.717) is 26.2 Å². The molecule has 1 aliphatic rings. The summed E-state index contributed by atoms with van der Waals surface area (Å²) in [6.45, 7) is 3.24. The van der Waals surface area contributed by atoms with E-state index in [1.807, 2.05) is 30.3 Å². The maximum atomic E-state index is 11.6. The molecule has 1 aromatic carbocycles. The molecule has 1 aromatic rings. The molecule has 1 saturated heterocycles. The van der Waals surface area contributed by atoms with Crippen molar-refractivity contribution >= 4 is 5.91 Å². The third kappa shape index (κ3) is 5.28. The van der Waals surface area contributed by atoms with Gasteiger partial charge in [-0.15, -0.1) is 0 Å². The predicted molar refractivity (Wildman–Crippen MR) is 72.2 cm³/mol. The molecule has 19 heavy (non-hydrogen) atoms. The molecule has 2 N–H and O–H groups in total. The molecule has 5 nitrogen and oxygen atoms in total. The summed E-state index contributed by atoms with van der Waals surface area (Å²) >= 11 is 0. The molecule has 0 radical (unpaired) electrons. The summed E-state index contributed by atoms with van der Waals surface area (Å²) < 4.78 is 10.8. The Hall–Kier alpha value is -1.59. The summed E-state index contributed by atoms with van der Waals surface area (Å²) in [6.07, 6.45) is 0.364. The zero-order chi connectivity index (χ0) is 13.3. The number of carbonyl (C=O) groups is 1. The minimum atomic E-state index is 0.00306. The van der Waals surface area contributed by atoms with E-state index in [2.05, 4.69) is 10.6 Å². The number of amides is 1. The second-order valence-electron chi connectivity index (χ2n) is 4.44. The second kappa shape index (κ2) is 7.76. The zero-order valence-corrected chi connectivity index (χ0v) is 10.9. The quantitative estimate of drug-likeness (QED) is 0.788. The lowest BCUT2D eigenvalue weighted by Crippen LogP contribution is -2.48. The van der Waals surface area contributed by atoms with Crippen molar-refractivity contribution in [3.63, 3.8) is 0 Å². The van der Waals surface area contributed by atoms with E-state index in [1.165, 1.54) is 0 Å². The molecular formula is C14H20N2O3. The minimum Gasteiger partial charge on any atom is -0.493 e. The van der Waals surface area contributed by atoms with Crippen LogP contribution in [0.25, 0.3) is 0 Å². The van der Waals surface area contributed by atoms with Crippen LogP contribution in [-0.4, -0.2) is 44.9 Å². The molecule has 0 bridgehead atoms. The molecule has 1 fully saturated rings. The van der Waals surface area contributed by atoms with E-state index < -0.39 is 0 Å². The van der Waals surface area contributed by atoms with Crippen LogP contribution in [0.15, 0.2) is 30.3 Å². The molecule has 0 aliphatic carbocycles. The summed E-state index contributed by atoms with van der Waals surface area (Å²) in [6, 6.07) is 9.71. The van der Waals surface area contributed by atoms with Crippen molar-refractivity contribution in [2.24, 2.45) is 0 Å². The number of carbonyl (C=O) groups excluding carboxylic acids is 1. The molecule has 5 heteroatoms. The molecule has 104 valence electrons. The fourth-order valence-corrected chi connectivity index (χ4v) is 1.85. The Morgan fingerprint density at radius 2 is 2.26 bits per heavy atom. The van der Waals surface area contributed by atoms with E-state index >= 15 is 0 Å². The van der Waals surface area contributed by atoms with E-state index in [9.17, 15) is 4.79 Å². The summed E-state index contributed by atoms with van der Waals surface area (Å²) in [4.78, 5) is 11.6. The van der Waals surface area contributed by atoms with Gasteiger partial charge in [0.05, 0.1) is 26.2 Å². The number of benzene rings is 1. The van der Waals surface area contributed by atoms with Gasteiger partial charge in [0.1, 0.15) is 5.75 Å². The van der Waals surface area contributed by atoms with E-state index in [4.69, 9.17) is 9.47 Å². The number of para-hydroxylation sites is 1. The Labute approximate surface area is 113 Å². The Bertz CT molecular complexity index is 378. The van der Waals surface area contributed by atoms with Crippen LogP contribution in [0.1, 0.15) is 6.42 Å². The molecule has 1 heterocycles. The molecule has 2 rings (SSSR count). The van der Waals surface area contributed by atoms with Gasteiger partial charge in [-0.3, -0.25) is 4.79 Å². The highest BCUT2D eigenvalue weighted by molar-refractivity contribution is 5.76. The van der Waals surface area contributed by atoms with Gasteiger partial charge in [0.15, 0.2) is 0 Å². The molecule has 1 amide bonds. The average Bonchev–Trinajstić information content (AvgIpc) is 2.47. The van der Waals surface area contributed by atoms with Crippen LogP contribution in [0.3, 0.4) is 0 Å². The summed E-state index contributed by atoms with van der Waals surface area (Å²) in [5.74, 6) is 0.793. The van der Waals surface area contributed by atoms with Gasteiger partial charge in [-0.2, -0.15) is 0 Å². The van der Waals surface area contributed by atoms with Crippen molar-refractivity contribution in [3.8, 4) is 5.75 Å². The van der Waals surface area contributed by atoms with Crippen molar-refractivity contribution in [3.05, 3.63) is 30.3 Å². The van der Waals surface area contributed by atoms with Crippen LogP contribution in [0, 0.1) is 0 Å². The normalized spacial score (nSPS) is 18.8. The lowest BCUT2D eigenvalue weighted by Gasteiger charge is -2.23. The lowest BCUT2D eigenvalue weighted by molar-refractivity contribution is -0.121. The fourth-order valence-electron chi connectivity index (χ4n) is 1.85. The Morgan fingerprint density at radius 1 is 1.42 bits per heavy atom. The van der Waals surface area contributed by atoms with E-state index in [1.54, 1.807) is 0 Å². The lowest BCUT2D eigenvalue weighted by atomic mass is 10.2. The Morgan fingerprint density at radius 3 is 3.00 bits per heavy atom. The van der Waals surface area contributed by atoms with Crippen LogP contribution in [0.2, 0.25) is 0 Å². The standard InChI is InChI=1S/C14H20N2O3/c17-14(16-10-12-11-18-9-7-15-12)6-8-19-13-4-2-1-3-5-13/h1-5,12,15H,6-11H2,(H,16,17). The molecule has 1 atom stereocenters. The number of hydrogen-bond acceptors (Lipinski definition) is 4. The first-order chi connectivity index (χ1) is 9.34. The van der Waals surface area contributed by atoms with Crippen molar-refractivity contribution in [2.45, 2.75) is 12.5 Å². The number of ether oxygens (including phenoxy) is 2. The SMILES string of the molecule is O=C(CCOc1ccccc1)NCC1COCCN1. The number of hydrogen-bond donors (Lipinski definition) is 2. The van der Waals surface area contributed by atoms with Gasteiger partial charge in [-0.1, -0.05) is 18.2 Å². The number of morpholine rings is 1. The molecule has 1 aliphatic heterocycles. The van der Waals surface area contributed by atoms with Crippen molar-refractivity contribution in [1.29, 1.82) is 0 Å². The topological polar surface area (TPSA) is 59.6 Å². The monoisotopic (exact) mass is 264 g/mol. The van der Waals surface area contributed by atoms with Crippen molar-refractivity contribution < 1.29 is 14.3 Å². The molecule has 0 aromatic heterocycles. The fraction of sp³-hybridized carbons (Fsp3) is 0.500. The maximum Gasteiger partial charge on any atom is 0.223 e. The zero-order valence-electron chi connectivity index (χ0n) is 10.9. The van der Waals surface area contributed by atoms with Crippen LogP contribution in [0.4, 0.5) is 0 Å². The smallest absolute Gasteiger partial charge is 0.223 e. The first-order valence-corrected chi connectivity index (χ1v) is 6.60. The van der Waals surface area contributed by atoms with Gasteiger partial charge in [-0.05, 0) is 12.1 Å². The number of rotatable bonds is 6. The van der Waals surface area contributed by atoms with Gasteiger partial charge in [0.2, 0.25) is 5.91 Å². The summed E-state index contributed by atoms with van der Waals surface area (Å²) in [7, 11) is 0. The van der Waals surface area contributed by atoms with Crippen LogP contribution in [-0.2, 0) is 9.53 Å². The van der Waals surface area contributed by atoms with Gasteiger partial charge in [0.25, 0.3) is 0 Å². The first kappa shape index (κ1) is 13.8. The average molecular weight is 264 g/mol. The molecule has 0 spiro atoms. The highest BCUT2D eigenvalue weighted by Gasteiger charge is 2.13. The maximum absolute atomic E-state index is 11.6. The van der Waals surface area contributed by atoms with E-state index in [-0.39, 0.29) is 11.9 Å².